The van der Waals surface area contributed by atoms with Gasteiger partial charge in [0.2, 0.25) is 5.91 Å². The normalized spacial score (nSPS) is 13.0. The van der Waals surface area contributed by atoms with Crippen molar-refractivity contribution in [2.75, 3.05) is 6.54 Å². The van der Waals surface area contributed by atoms with E-state index in [9.17, 15) is 9.59 Å². The summed E-state index contributed by atoms with van der Waals surface area (Å²) in [5.74, 6) is -1.42. The van der Waals surface area contributed by atoms with Gasteiger partial charge in [-0.05, 0) is 20.8 Å². The van der Waals surface area contributed by atoms with Gasteiger partial charge in [0.15, 0.2) is 0 Å². The van der Waals surface area contributed by atoms with Crippen molar-refractivity contribution >= 4 is 11.9 Å². The Labute approximate surface area is 111 Å². The summed E-state index contributed by atoms with van der Waals surface area (Å²) >= 11 is 0. The third kappa shape index (κ3) is 6.01. The summed E-state index contributed by atoms with van der Waals surface area (Å²) in [6.45, 7) is 5.87. The van der Waals surface area contributed by atoms with Gasteiger partial charge < -0.3 is 20.7 Å². The number of carbonyl (C=O) groups is 2. The highest BCUT2D eigenvalue weighted by atomic mass is 16.4. The lowest BCUT2D eigenvalue weighted by Gasteiger charge is -2.21. The summed E-state index contributed by atoms with van der Waals surface area (Å²) in [5.41, 5.74) is 0.468. The number of carboxylic acid groups (broad SMARTS) is 1. The van der Waals surface area contributed by atoms with Crippen LogP contribution in [0.15, 0.2) is 12.5 Å². The molecule has 0 aliphatic carbocycles. The van der Waals surface area contributed by atoms with Crippen LogP contribution in [0.1, 0.15) is 26.5 Å². The minimum absolute atomic E-state index is 0.0796. The molecule has 1 rings (SSSR count). The predicted molar refractivity (Wildman–Crippen MR) is 69.6 cm³/mol. The van der Waals surface area contributed by atoms with Gasteiger partial charge in [-0.25, -0.2) is 9.78 Å². The Morgan fingerprint density at radius 2 is 2.16 bits per heavy atom. The Hall–Kier alpha value is -1.89. The van der Waals surface area contributed by atoms with Crippen LogP contribution in [0.3, 0.4) is 0 Å². The van der Waals surface area contributed by atoms with Crippen LogP contribution in [0.25, 0.3) is 0 Å². The number of hydrogen-bond donors (Lipinski definition) is 4. The lowest BCUT2D eigenvalue weighted by atomic mass is 10.1. The van der Waals surface area contributed by atoms with Crippen LogP contribution in [-0.2, 0) is 16.0 Å². The van der Waals surface area contributed by atoms with Crippen LogP contribution in [0.5, 0.6) is 0 Å². The largest absolute Gasteiger partial charge is 0.480 e. The molecule has 0 fully saturated rings. The minimum atomic E-state index is -1.07. The van der Waals surface area contributed by atoms with Gasteiger partial charge in [-0.2, -0.15) is 0 Å². The molecule has 106 valence electrons. The molecule has 0 saturated heterocycles. The maximum atomic E-state index is 11.7. The number of amides is 1. The fourth-order valence-electron chi connectivity index (χ4n) is 1.41. The monoisotopic (exact) mass is 268 g/mol. The predicted octanol–water partition coefficient (Wildman–Crippen LogP) is -0.0903. The van der Waals surface area contributed by atoms with E-state index in [2.05, 4.69) is 20.6 Å². The number of aromatic amines is 1. The van der Waals surface area contributed by atoms with Gasteiger partial charge in [-0.3, -0.25) is 4.79 Å². The third-order valence-electron chi connectivity index (χ3n) is 2.39. The Morgan fingerprint density at radius 3 is 2.63 bits per heavy atom. The molecule has 7 nitrogen and oxygen atoms in total. The van der Waals surface area contributed by atoms with E-state index in [1.54, 1.807) is 0 Å². The summed E-state index contributed by atoms with van der Waals surface area (Å²) in [5, 5.41) is 14.6. The second kappa shape index (κ2) is 6.33. The van der Waals surface area contributed by atoms with Gasteiger partial charge in [-0.15, -0.1) is 0 Å². The van der Waals surface area contributed by atoms with Gasteiger partial charge in [0, 0.05) is 23.9 Å². The SMILES string of the molecule is CC(C)(C)NCC(=O)N[C@@H](Cc1cnc[nH]1)C(=O)O. The van der Waals surface area contributed by atoms with Crippen LogP contribution >= 0.6 is 0 Å². The molecule has 0 aliphatic rings. The molecule has 1 heterocycles. The number of hydrogen-bond acceptors (Lipinski definition) is 4. The highest BCUT2D eigenvalue weighted by Crippen LogP contribution is 2.00. The number of carbonyl (C=O) groups excluding carboxylic acids is 1. The Balaban J connectivity index is 2.49. The standard InChI is InChI=1S/C12H20N4O3/c1-12(2,3)15-6-10(17)16-9(11(18)19)4-8-5-13-7-14-8/h5,7,9,15H,4,6H2,1-3H3,(H,13,14)(H,16,17)(H,18,19)/t9-/m0/s1. The van der Waals surface area contributed by atoms with Crippen molar-refractivity contribution in [3.05, 3.63) is 18.2 Å². The number of aliphatic carboxylic acids is 1. The van der Waals surface area contributed by atoms with Crippen molar-refractivity contribution in [2.45, 2.75) is 38.8 Å². The number of H-pyrrole nitrogens is 1. The number of nitrogens with zero attached hydrogens (tertiary/aromatic N) is 1. The van der Waals surface area contributed by atoms with Crippen LogP contribution in [0.2, 0.25) is 0 Å². The zero-order valence-electron chi connectivity index (χ0n) is 11.4. The van der Waals surface area contributed by atoms with E-state index < -0.39 is 12.0 Å². The topological polar surface area (TPSA) is 107 Å². The third-order valence-corrected chi connectivity index (χ3v) is 2.39. The number of nitrogens with one attached hydrogen (secondary N) is 3. The summed E-state index contributed by atoms with van der Waals surface area (Å²) in [6.07, 6.45) is 3.18. The second-order valence-corrected chi connectivity index (χ2v) is 5.34. The van der Waals surface area contributed by atoms with E-state index in [1.165, 1.54) is 12.5 Å². The molecule has 1 atom stereocenters. The molecule has 4 N–H and O–H groups in total. The zero-order chi connectivity index (χ0) is 14.5. The average Bonchev–Trinajstić information content (AvgIpc) is 2.77. The molecule has 19 heavy (non-hydrogen) atoms. The Morgan fingerprint density at radius 1 is 1.47 bits per heavy atom. The molecule has 1 amide bonds. The first kappa shape index (κ1) is 15.2. The van der Waals surface area contributed by atoms with Crippen LogP contribution in [0.4, 0.5) is 0 Å². The molecule has 0 aromatic carbocycles. The number of carboxylic acids is 1. The molecular formula is C12H20N4O3. The lowest BCUT2D eigenvalue weighted by Crippen LogP contribution is -2.48. The van der Waals surface area contributed by atoms with Crippen LogP contribution < -0.4 is 10.6 Å². The van der Waals surface area contributed by atoms with Crippen LogP contribution in [-0.4, -0.2) is 45.1 Å². The summed E-state index contributed by atoms with van der Waals surface area (Å²) in [7, 11) is 0. The fraction of sp³-hybridized carbons (Fsp3) is 0.583. The second-order valence-electron chi connectivity index (χ2n) is 5.34. The number of imidazole rings is 1. The Bertz CT molecular complexity index is 423. The highest BCUT2D eigenvalue weighted by Gasteiger charge is 2.21. The van der Waals surface area contributed by atoms with Gasteiger partial charge >= 0.3 is 5.97 Å². The first-order valence-corrected chi connectivity index (χ1v) is 6.02. The van der Waals surface area contributed by atoms with Gasteiger partial charge in [-0.1, -0.05) is 0 Å². The molecule has 1 aromatic heterocycles. The molecule has 0 radical (unpaired) electrons. The molecule has 0 saturated carbocycles. The first-order valence-electron chi connectivity index (χ1n) is 6.02. The van der Waals surface area contributed by atoms with E-state index in [0.29, 0.717) is 5.69 Å². The van der Waals surface area contributed by atoms with E-state index in [1.807, 2.05) is 20.8 Å². The average molecular weight is 268 g/mol. The van der Waals surface area contributed by atoms with E-state index in [-0.39, 0.29) is 24.4 Å². The van der Waals surface area contributed by atoms with Gasteiger partial charge in [0.05, 0.1) is 12.9 Å². The van der Waals surface area contributed by atoms with E-state index in [4.69, 9.17) is 5.11 Å². The van der Waals surface area contributed by atoms with Crippen molar-refractivity contribution in [1.29, 1.82) is 0 Å². The van der Waals surface area contributed by atoms with Crippen molar-refractivity contribution in [3.63, 3.8) is 0 Å². The smallest absolute Gasteiger partial charge is 0.326 e. The zero-order valence-corrected chi connectivity index (χ0v) is 11.4. The molecule has 0 spiro atoms. The number of aromatic nitrogens is 2. The maximum Gasteiger partial charge on any atom is 0.326 e. The van der Waals surface area contributed by atoms with Gasteiger partial charge in [0.25, 0.3) is 0 Å². The number of rotatable bonds is 6. The fourth-order valence-corrected chi connectivity index (χ4v) is 1.41. The molecule has 0 bridgehead atoms. The highest BCUT2D eigenvalue weighted by molar-refractivity contribution is 5.84. The molecule has 1 aromatic rings. The molecular weight excluding hydrogens is 248 g/mol. The molecule has 0 aliphatic heterocycles. The molecule has 0 unspecified atom stereocenters. The lowest BCUT2D eigenvalue weighted by molar-refractivity contribution is -0.141. The van der Waals surface area contributed by atoms with E-state index >= 15 is 0 Å². The minimum Gasteiger partial charge on any atom is -0.480 e. The summed E-state index contributed by atoms with van der Waals surface area (Å²) in [4.78, 5) is 29.4. The van der Waals surface area contributed by atoms with Crippen molar-refractivity contribution in [2.24, 2.45) is 0 Å². The molecule has 7 heteroatoms. The maximum absolute atomic E-state index is 11.7. The van der Waals surface area contributed by atoms with Crippen LogP contribution in [0, 0.1) is 0 Å². The summed E-state index contributed by atoms with van der Waals surface area (Å²) < 4.78 is 0. The quantitative estimate of drug-likeness (QED) is 0.577. The van der Waals surface area contributed by atoms with E-state index in [0.717, 1.165) is 0 Å². The van der Waals surface area contributed by atoms with Crippen molar-refractivity contribution < 1.29 is 14.7 Å². The van der Waals surface area contributed by atoms with Crippen molar-refractivity contribution in [1.82, 2.24) is 20.6 Å². The van der Waals surface area contributed by atoms with Gasteiger partial charge in [0.1, 0.15) is 6.04 Å². The van der Waals surface area contributed by atoms with Crippen molar-refractivity contribution in [3.8, 4) is 0 Å². The Kier molecular flexibility index (Phi) is 5.05. The summed E-state index contributed by atoms with van der Waals surface area (Å²) in [6, 6.07) is -0.963. The first-order chi connectivity index (χ1) is 8.78.